The van der Waals surface area contributed by atoms with E-state index in [-0.39, 0.29) is 0 Å². The second-order valence-corrected chi connectivity index (χ2v) is 1.93. The van der Waals surface area contributed by atoms with Gasteiger partial charge in [-0.15, -0.1) is 11.6 Å². The highest BCUT2D eigenvalue weighted by Crippen LogP contribution is 1.95. The summed E-state index contributed by atoms with van der Waals surface area (Å²) >= 11 is 5.46. The zero-order valence-corrected chi connectivity index (χ0v) is 6.42. The van der Waals surface area contributed by atoms with E-state index >= 15 is 0 Å². The Hall–Kier alpha value is 0.290. The second kappa shape index (κ2) is 9.56. The van der Waals surface area contributed by atoms with Gasteiger partial charge in [0.05, 0.1) is 0 Å². The molecule has 0 radical (unpaired) electrons. The van der Waals surface area contributed by atoms with Crippen LogP contribution in [0.5, 0.6) is 0 Å². The Balaban J connectivity index is 0. The standard InChI is InChI=1S/C4H9Cl.C2H6/c1-3-4(2)5;1-2/h4H,3H2,1-2H3;1-2H3/t4-;/m1./s1. The van der Waals surface area contributed by atoms with Gasteiger partial charge in [0.1, 0.15) is 0 Å². The van der Waals surface area contributed by atoms with Gasteiger partial charge in [-0.25, -0.2) is 0 Å². The Bertz CT molecular complexity index is 18.1. The molecule has 0 aliphatic heterocycles. The lowest BCUT2D eigenvalue weighted by atomic mass is 10.4. The summed E-state index contributed by atoms with van der Waals surface area (Å²) in [6.45, 7) is 8.05. The molecular formula is C6H15Cl. The molecule has 46 valence electrons. The summed E-state index contributed by atoms with van der Waals surface area (Å²) in [5.41, 5.74) is 0. The van der Waals surface area contributed by atoms with Crippen LogP contribution in [0.2, 0.25) is 0 Å². The van der Waals surface area contributed by atoms with Crippen LogP contribution in [0.15, 0.2) is 0 Å². The van der Waals surface area contributed by atoms with Gasteiger partial charge in [-0.3, -0.25) is 0 Å². The minimum Gasteiger partial charge on any atom is -0.123 e. The summed E-state index contributed by atoms with van der Waals surface area (Å²) in [5.74, 6) is 0. The third kappa shape index (κ3) is 22.1. The number of rotatable bonds is 1. The van der Waals surface area contributed by atoms with Gasteiger partial charge in [-0.2, -0.15) is 0 Å². The van der Waals surface area contributed by atoms with Gasteiger partial charge < -0.3 is 0 Å². The van der Waals surface area contributed by atoms with Gasteiger partial charge in [-0.05, 0) is 13.3 Å². The van der Waals surface area contributed by atoms with Crippen LogP contribution in [0.1, 0.15) is 34.1 Å². The molecular weight excluding hydrogens is 108 g/mol. The van der Waals surface area contributed by atoms with Crippen LogP contribution >= 0.6 is 11.6 Å². The first kappa shape index (κ1) is 10.3. The Morgan fingerprint density at radius 2 is 1.57 bits per heavy atom. The van der Waals surface area contributed by atoms with E-state index in [4.69, 9.17) is 11.6 Å². The molecule has 1 atom stereocenters. The van der Waals surface area contributed by atoms with Gasteiger partial charge >= 0.3 is 0 Å². The molecule has 0 fully saturated rings. The highest BCUT2D eigenvalue weighted by molar-refractivity contribution is 6.20. The highest BCUT2D eigenvalue weighted by Gasteiger charge is 1.83. The van der Waals surface area contributed by atoms with Crippen molar-refractivity contribution in [1.82, 2.24) is 0 Å². The van der Waals surface area contributed by atoms with Crippen LogP contribution in [-0.2, 0) is 0 Å². The van der Waals surface area contributed by atoms with E-state index in [9.17, 15) is 0 Å². The molecule has 0 nitrogen and oxygen atoms in total. The van der Waals surface area contributed by atoms with Crippen LogP contribution in [-0.4, -0.2) is 5.38 Å². The fourth-order valence-electron chi connectivity index (χ4n) is 0. The Morgan fingerprint density at radius 3 is 1.57 bits per heavy atom. The summed E-state index contributed by atoms with van der Waals surface area (Å²) in [6.07, 6.45) is 1.07. The fourth-order valence-corrected chi connectivity index (χ4v) is 0. The summed E-state index contributed by atoms with van der Waals surface area (Å²) < 4.78 is 0. The SMILES string of the molecule is CC.CC[C@@H](C)Cl. The molecule has 0 rings (SSSR count). The largest absolute Gasteiger partial charge is 0.123 e. The monoisotopic (exact) mass is 122 g/mol. The van der Waals surface area contributed by atoms with Crippen LogP contribution in [0.25, 0.3) is 0 Å². The fraction of sp³-hybridized carbons (Fsp3) is 1.00. The predicted molar refractivity (Wildman–Crippen MR) is 37.0 cm³/mol. The number of halogens is 1. The highest BCUT2D eigenvalue weighted by atomic mass is 35.5. The maximum atomic E-state index is 5.46. The smallest absolute Gasteiger partial charge is 0.0305 e. The van der Waals surface area contributed by atoms with E-state index in [2.05, 4.69) is 6.92 Å². The van der Waals surface area contributed by atoms with Crippen LogP contribution in [0.3, 0.4) is 0 Å². The number of hydrogen-bond acceptors (Lipinski definition) is 0. The number of alkyl halides is 1. The zero-order valence-electron chi connectivity index (χ0n) is 5.66. The lowest BCUT2D eigenvalue weighted by Gasteiger charge is -1.87. The minimum atomic E-state index is 0.356. The van der Waals surface area contributed by atoms with E-state index in [0.29, 0.717) is 5.38 Å². The minimum absolute atomic E-state index is 0.356. The van der Waals surface area contributed by atoms with Crippen molar-refractivity contribution in [2.24, 2.45) is 0 Å². The van der Waals surface area contributed by atoms with Gasteiger partial charge in [0.2, 0.25) is 0 Å². The van der Waals surface area contributed by atoms with E-state index in [1.54, 1.807) is 0 Å². The normalized spacial score (nSPS) is 11.6. The van der Waals surface area contributed by atoms with Crippen molar-refractivity contribution >= 4 is 11.6 Å². The van der Waals surface area contributed by atoms with Crippen molar-refractivity contribution in [3.8, 4) is 0 Å². The molecule has 0 aliphatic carbocycles. The first-order valence-electron chi connectivity index (χ1n) is 2.91. The van der Waals surface area contributed by atoms with E-state index in [0.717, 1.165) is 6.42 Å². The third-order valence-electron chi connectivity index (χ3n) is 0.563. The molecule has 0 saturated carbocycles. The average Bonchev–Trinajstić information content (AvgIpc) is 1.73. The maximum Gasteiger partial charge on any atom is 0.0305 e. The molecule has 0 N–H and O–H groups in total. The Labute approximate surface area is 51.9 Å². The zero-order chi connectivity index (χ0) is 6.28. The Morgan fingerprint density at radius 1 is 1.43 bits per heavy atom. The summed E-state index contributed by atoms with van der Waals surface area (Å²) in [7, 11) is 0. The van der Waals surface area contributed by atoms with Gasteiger partial charge in [-0.1, -0.05) is 20.8 Å². The molecule has 1 heteroatoms. The Kier molecular flexibility index (Phi) is 14.1. The average molecular weight is 123 g/mol. The second-order valence-electron chi connectivity index (χ2n) is 1.19. The lowest BCUT2D eigenvalue weighted by Crippen LogP contribution is -1.81. The van der Waals surface area contributed by atoms with Gasteiger partial charge in [0, 0.05) is 5.38 Å². The molecule has 0 amide bonds. The van der Waals surface area contributed by atoms with Crippen LogP contribution in [0.4, 0.5) is 0 Å². The molecule has 0 heterocycles. The molecule has 0 aromatic carbocycles. The molecule has 7 heavy (non-hydrogen) atoms. The van der Waals surface area contributed by atoms with Crippen molar-refractivity contribution < 1.29 is 0 Å². The predicted octanol–water partition coefficient (Wildman–Crippen LogP) is 3.05. The number of hydrogen-bond donors (Lipinski definition) is 0. The summed E-state index contributed by atoms with van der Waals surface area (Å²) in [5, 5.41) is 0.356. The first-order chi connectivity index (χ1) is 3.27. The summed E-state index contributed by atoms with van der Waals surface area (Å²) in [4.78, 5) is 0. The maximum absolute atomic E-state index is 5.46. The topological polar surface area (TPSA) is 0 Å². The molecule has 0 aromatic heterocycles. The van der Waals surface area contributed by atoms with E-state index in [1.165, 1.54) is 0 Å². The van der Waals surface area contributed by atoms with Crippen molar-refractivity contribution in [3.63, 3.8) is 0 Å². The third-order valence-corrected chi connectivity index (χ3v) is 0.871. The van der Waals surface area contributed by atoms with Crippen LogP contribution in [0, 0.1) is 0 Å². The lowest BCUT2D eigenvalue weighted by molar-refractivity contribution is 0.895. The molecule has 0 bridgehead atoms. The van der Waals surface area contributed by atoms with Crippen molar-refractivity contribution in [2.75, 3.05) is 0 Å². The summed E-state index contributed by atoms with van der Waals surface area (Å²) in [6, 6.07) is 0. The molecule has 0 aliphatic rings. The van der Waals surface area contributed by atoms with Crippen LogP contribution < -0.4 is 0 Å². The van der Waals surface area contributed by atoms with E-state index < -0.39 is 0 Å². The van der Waals surface area contributed by atoms with Crippen molar-refractivity contribution in [3.05, 3.63) is 0 Å². The van der Waals surface area contributed by atoms with Crippen molar-refractivity contribution in [1.29, 1.82) is 0 Å². The van der Waals surface area contributed by atoms with Crippen molar-refractivity contribution in [2.45, 2.75) is 39.5 Å². The van der Waals surface area contributed by atoms with Gasteiger partial charge in [0.25, 0.3) is 0 Å². The quantitative estimate of drug-likeness (QED) is 0.469. The van der Waals surface area contributed by atoms with E-state index in [1.807, 2.05) is 20.8 Å². The molecule has 0 unspecified atom stereocenters. The molecule has 0 spiro atoms. The first-order valence-corrected chi connectivity index (χ1v) is 3.35. The van der Waals surface area contributed by atoms with Gasteiger partial charge in [0.15, 0.2) is 0 Å². The molecule has 0 saturated heterocycles. The molecule has 0 aromatic rings.